The van der Waals surface area contributed by atoms with Crippen LogP contribution in [-0.4, -0.2) is 11.8 Å². The average Bonchev–Trinajstić information content (AvgIpc) is 3.01. The zero-order chi connectivity index (χ0) is 22.8. The zero-order valence-corrected chi connectivity index (χ0v) is 19.8. The van der Waals surface area contributed by atoms with Gasteiger partial charge in [0.05, 0.1) is 15.7 Å². The molecule has 3 aromatic rings. The summed E-state index contributed by atoms with van der Waals surface area (Å²) in [4.78, 5) is 29.1. The Labute approximate surface area is 201 Å². The first-order chi connectivity index (χ1) is 15.4. The molecule has 4 rings (SSSR count). The van der Waals surface area contributed by atoms with E-state index >= 15 is 0 Å². The third-order valence-electron chi connectivity index (χ3n) is 5.09. The van der Waals surface area contributed by atoms with E-state index in [1.54, 1.807) is 18.2 Å². The third-order valence-corrected chi connectivity index (χ3v) is 6.99. The van der Waals surface area contributed by atoms with Gasteiger partial charge in [-0.25, -0.2) is 4.90 Å². The number of hydrogen-bond donors (Lipinski definition) is 1. The predicted octanol–water partition coefficient (Wildman–Crippen LogP) is 6.85. The normalized spacial score (nSPS) is 13.8. The number of benzene rings is 3. The summed E-state index contributed by atoms with van der Waals surface area (Å²) in [7, 11) is 0. The summed E-state index contributed by atoms with van der Waals surface area (Å²) in [5.41, 5.74) is 3.48. The molecule has 0 saturated heterocycles. The molecule has 0 bridgehead atoms. The molecule has 7 heteroatoms. The molecule has 3 aromatic carbocycles. The first-order valence-corrected chi connectivity index (χ1v) is 11.6. The Kier molecular flexibility index (Phi) is 6.60. The van der Waals surface area contributed by atoms with Crippen molar-refractivity contribution in [2.24, 2.45) is 0 Å². The molecule has 0 saturated carbocycles. The molecule has 1 N–H and O–H groups in total. The minimum atomic E-state index is -0.478. The predicted molar refractivity (Wildman–Crippen MR) is 132 cm³/mol. The molecule has 1 heterocycles. The van der Waals surface area contributed by atoms with E-state index in [2.05, 4.69) is 12.2 Å². The quantitative estimate of drug-likeness (QED) is 0.390. The van der Waals surface area contributed by atoms with Crippen molar-refractivity contribution in [1.29, 1.82) is 0 Å². The van der Waals surface area contributed by atoms with Crippen LogP contribution in [0.5, 0.6) is 0 Å². The van der Waals surface area contributed by atoms with Crippen LogP contribution in [0.15, 0.2) is 82.2 Å². The number of rotatable bonds is 6. The van der Waals surface area contributed by atoms with Crippen LogP contribution >= 0.6 is 35.0 Å². The minimum Gasteiger partial charge on any atom is -0.350 e. The molecule has 0 atom stereocenters. The van der Waals surface area contributed by atoms with Crippen LogP contribution < -0.4 is 10.2 Å². The van der Waals surface area contributed by atoms with E-state index in [0.29, 0.717) is 4.91 Å². The Balaban J connectivity index is 1.75. The van der Waals surface area contributed by atoms with Crippen LogP contribution in [0.1, 0.15) is 18.1 Å². The second-order valence-electron chi connectivity index (χ2n) is 7.31. The van der Waals surface area contributed by atoms with Gasteiger partial charge in [-0.05, 0) is 55.3 Å². The largest absolute Gasteiger partial charge is 0.350 e. The highest BCUT2D eigenvalue weighted by Gasteiger charge is 2.41. The van der Waals surface area contributed by atoms with Crippen LogP contribution in [-0.2, 0) is 16.0 Å². The molecular weight excluding hydrogens is 463 g/mol. The van der Waals surface area contributed by atoms with Gasteiger partial charge in [0.2, 0.25) is 0 Å². The fraction of sp³-hybridized carbons (Fsp3) is 0.120. The topological polar surface area (TPSA) is 49.4 Å². The Morgan fingerprint density at radius 3 is 2.25 bits per heavy atom. The van der Waals surface area contributed by atoms with Crippen LogP contribution in [0, 0.1) is 6.92 Å². The summed E-state index contributed by atoms with van der Waals surface area (Å²) < 4.78 is 0. The van der Waals surface area contributed by atoms with Gasteiger partial charge >= 0.3 is 0 Å². The number of thioether (sulfide) groups is 1. The second-order valence-corrected chi connectivity index (χ2v) is 9.18. The Morgan fingerprint density at radius 2 is 1.59 bits per heavy atom. The number of nitrogens with one attached hydrogen (secondary N) is 1. The number of aryl methyl sites for hydroxylation is 2. The van der Waals surface area contributed by atoms with Crippen molar-refractivity contribution in [2.45, 2.75) is 25.2 Å². The summed E-state index contributed by atoms with van der Waals surface area (Å²) in [6.07, 6.45) is 0.913. The smallest absolute Gasteiger partial charge is 0.283 e. The lowest BCUT2D eigenvalue weighted by Gasteiger charge is -2.17. The highest BCUT2D eigenvalue weighted by atomic mass is 35.5. The standard InChI is InChI=1S/C25H20Cl2N2O2S/c1-3-16-9-11-17(12-10-16)28-22-23(32-18-13-7-15(2)8-14-18)25(31)29(24(22)30)20-6-4-5-19(26)21(20)27/h4-14,28H,3H2,1-2H3. The molecule has 1 aliphatic rings. The van der Waals surface area contributed by atoms with Crippen molar-refractivity contribution in [3.05, 3.63) is 98.5 Å². The molecule has 0 aromatic heterocycles. The summed E-state index contributed by atoms with van der Waals surface area (Å²) in [5.74, 6) is -0.925. The van der Waals surface area contributed by atoms with Gasteiger partial charge in [-0.15, -0.1) is 0 Å². The molecular formula is C25H20Cl2N2O2S. The molecule has 32 heavy (non-hydrogen) atoms. The number of hydrogen-bond acceptors (Lipinski definition) is 4. The van der Waals surface area contributed by atoms with Crippen molar-refractivity contribution in [3.8, 4) is 0 Å². The molecule has 1 aliphatic heterocycles. The fourth-order valence-electron chi connectivity index (χ4n) is 3.29. The van der Waals surface area contributed by atoms with E-state index in [-0.39, 0.29) is 21.4 Å². The number of imide groups is 1. The molecule has 2 amide bonds. The van der Waals surface area contributed by atoms with Gasteiger partial charge in [0.15, 0.2) is 0 Å². The second kappa shape index (κ2) is 9.41. The summed E-state index contributed by atoms with van der Waals surface area (Å²) in [6, 6.07) is 20.4. The Hall–Kier alpha value is -2.73. The molecule has 0 radical (unpaired) electrons. The van der Waals surface area contributed by atoms with E-state index < -0.39 is 11.8 Å². The maximum absolute atomic E-state index is 13.4. The zero-order valence-electron chi connectivity index (χ0n) is 17.5. The number of anilines is 2. The molecule has 4 nitrogen and oxygen atoms in total. The van der Waals surface area contributed by atoms with Crippen LogP contribution in [0.3, 0.4) is 0 Å². The number of carbonyl (C=O) groups is 2. The number of nitrogens with zero attached hydrogens (tertiary/aromatic N) is 1. The SMILES string of the molecule is CCc1ccc(NC2=C(Sc3ccc(C)cc3)C(=O)N(c3cccc(Cl)c3Cl)C2=O)cc1. The van der Waals surface area contributed by atoms with Crippen LogP contribution in [0.25, 0.3) is 0 Å². The van der Waals surface area contributed by atoms with Gasteiger partial charge in [0, 0.05) is 10.6 Å². The number of carbonyl (C=O) groups excluding carboxylic acids is 2. The number of halogens is 2. The van der Waals surface area contributed by atoms with E-state index in [9.17, 15) is 9.59 Å². The van der Waals surface area contributed by atoms with E-state index in [1.807, 2.05) is 55.5 Å². The van der Waals surface area contributed by atoms with Crippen molar-refractivity contribution < 1.29 is 9.59 Å². The maximum atomic E-state index is 13.4. The van der Waals surface area contributed by atoms with Crippen LogP contribution in [0.2, 0.25) is 10.0 Å². The van der Waals surface area contributed by atoms with Gasteiger partial charge in [0.25, 0.3) is 11.8 Å². The van der Waals surface area contributed by atoms with Gasteiger partial charge in [-0.3, -0.25) is 9.59 Å². The molecule has 162 valence electrons. The first kappa shape index (κ1) is 22.5. The van der Waals surface area contributed by atoms with E-state index in [0.717, 1.165) is 27.5 Å². The fourth-order valence-corrected chi connectivity index (χ4v) is 4.60. The lowest BCUT2D eigenvalue weighted by molar-refractivity contribution is -0.120. The summed E-state index contributed by atoms with van der Waals surface area (Å²) in [5, 5.41) is 3.59. The van der Waals surface area contributed by atoms with Gasteiger partial charge in [-0.2, -0.15) is 0 Å². The molecule has 0 spiro atoms. The highest BCUT2D eigenvalue weighted by Crippen LogP contribution is 2.41. The maximum Gasteiger partial charge on any atom is 0.283 e. The van der Waals surface area contributed by atoms with Gasteiger partial charge < -0.3 is 5.32 Å². The van der Waals surface area contributed by atoms with Crippen molar-refractivity contribution >= 4 is 58.2 Å². The summed E-state index contributed by atoms with van der Waals surface area (Å²) in [6.45, 7) is 4.07. The lowest BCUT2D eigenvalue weighted by atomic mass is 10.1. The molecule has 0 aliphatic carbocycles. The number of amides is 2. The van der Waals surface area contributed by atoms with Crippen molar-refractivity contribution in [1.82, 2.24) is 0 Å². The summed E-state index contributed by atoms with van der Waals surface area (Å²) >= 11 is 13.7. The van der Waals surface area contributed by atoms with Crippen molar-refractivity contribution in [2.75, 3.05) is 10.2 Å². The Bertz CT molecular complexity index is 1220. The van der Waals surface area contributed by atoms with E-state index in [1.165, 1.54) is 17.3 Å². The lowest BCUT2D eigenvalue weighted by Crippen LogP contribution is -2.32. The minimum absolute atomic E-state index is 0.157. The first-order valence-electron chi connectivity index (χ1n) is 10.1. The molecule has 0 unspecified atom stereocenters. The molecule has 0 fully saturated rings. The van der Waals surface area contributed by atoms with Crippen LogP contribution in [0.4, 0.5) is 11.4 Å². The average molecular weight is 483 g/mol. The van der Waals surface area contributed by atoms with Crippen molar-refractivity contribution in [3.63, 3.8) is 0 Å². The van der Waals surface area contributed by atoms with Gasteiger partial charge in [0.1, 0.15) is 10.6 Å². The monoisotopic (exact) mass is 482 g/mol. The Morgan fingerprint density at radius 1 is 0.906 bits per heavy atom. The van der Waals surface area contributed by atoms with Gasteiger partial charge in [-0.1, -0.05) is 77.8 Å². The van der Waals surface area contributed by atoms with E-state index in [4.69, 9.17) is 23.2 Å². The third kappa shape index (κ3) is 4.42. The highest BCUT2D eigenvalue weighted by molar-refractivity contribution is 8.04.